The molecule has 0 aliphatic heterocycles. The number of guanidine groups is 1. The van der Waals surface area contributed by atoms with Crippen molar-refractivity contribution >= 4 is 11.9 Å². The molecule has 138 valence electrons. The van der Waals surface area contributed by atoms with Crippen molar-refractivity contribution in [1.29, 1.82) is 0 Å². The molecule has 0 aliphatic rings. The predicted molar refractivity (Wildman–Crippen MR) is 102 cm³/mol. The number of benzene rings is 2. The molecule has 2 aromatic carbocycles. The molecule has 0 saturated heterocycles. The van der Waals surface area contributed by atoms with E-state index in [-0.39, 0.29) is 11.7 Å². The van der Waals surface area contributed by atoms with Crippen molar-refractivity contribution in [2.45, 2.75) is 19.5 Å². The SMILES string of the molecule is CN=C(NCCC(=O)N(C)Cc1ccccc1)NCc1ccccc1F. The fourth-order valence-corrected chi connectivity index (χ4v) is 2.47. The predicted octanol–water partition coefficient (Wildman–Crippen LogP) is 2.54. The summed E-state index contributed by atoms with van der Waals surface area (Å²) in [6.45, 7) is 1.36. The average molecular weight is 356 g/mol. The van der Waals surface area contributed by atoms with E-state index in [1.807, 2.05) is 30.3 Å². The molecule has 0 spiro atoms. The lowest BCUT2D eigenvalue weighted by Gasteiger charge is -2.18. The van der Waals surface area contributed by atoms with Gasteiger partial charge >= 0.3 is 0 Å². The molecule has 2 rings (SSSR count). The van der Waals surface area contributed by atoms with Gasteiger partial charge in [0.2, 0.25) is 5.91 Å². The van der Waals surface area contributed by atoms with Crippen LogP contribution in [0.15, 0.2) is 59.6 Å². The molecule has 6 heteroatoms. The number of nitrogens with zero attached hydrogens (tertiary/aromatic N) is 2. The molecule has 0 fully saturated rings. The fourth-order valence-electron chi connectivity index (χ4n) is 2.47. The van der Waals surface area contributed by atoms with Gasteiger partial charge in [0.15, 0.2) is 5.96 Å². The summed E-state index contributed by atoms with van der Waals surface area (Å²) in [5, 5.41) is 6.12. The minimum atomic E-state index is -0.256. The zero-order chi connectivity index (χ0) is 18.8. The van der Waals surface area contributed by atoms with E-state index in [9.17, 15) is 9.18 Å². The Hall–Kier alpha value is -2.89. The molecule has 26 heavy (non-hydrogen) atoms. The largest absolute Gasteiger partial charge is 0.356 e. The lowest BCUT2D eigenvalue weighted by molar-refractivity contribution is -0.130. The van der Waals surface area contributed by atoms with Gasteiger partial charge in [-0.1, -0.05) is 48.5 Å². The number of carbonyl (C=O) groups excluding carboxylic acids is 1. The van der Waals surface area contributed by atoms with Gasteiger partial charge in [-0.05, 0) is 11.6 Å². The van der Waals surface area contributed by atoms with Crippen LogP contribution in [0.25, 0.3) is 0 Å². The van der Waals surface area contributed by atoms with Crippen LogP contribution in [-0.4, -0.2) is 37.4 Å². The highest BCUT2D eigenvalue weighted by molar-refractivity contribution is 5.81. The van der Waals surface area contributed by atoms with E-state index in [4.69, 9.17) is 0 Å². The molecule has 0 aromatic heterocycles. The first kappa shape index (κ1) is 19.4. The number of rotatable bonds is 7. The number of nitrogens with one attached hydrogen (secondary N) is 2. The van der Waals surface area contributed by atoms with Crippen LogP contribution in [0.3, 0.4) is 0 Å². The number of halogens is 1. The number of carbonyl (C=O) groups is 1. The van der Waals surface area contributed by atoms with E-state index >= 15 is 0 Å². The standard InChI is InChI=1S/C20H25FN4O/c1-22-20(24-14-17-10-6-7-11-18(17)21)23-13-12-19(26)25(2)15-16-8-4-3-5-9-16/h3-11H,12-15H2,1-2H3,(H2,22,23,24). The van der Waals surface area contributed by atoms with Gasteiger partial charge in [-0.25, -0.2) is 4.39 Å². The van der Waals surface area contributed by atoms with E-state index in [1.165, 1.54) is 6.07 Å². The van der Waals surface area contributed by atoms with Gasteiger partial charge in [0.1, 0.15) is 5.82 Å². The maximum absolute atomic E-state index is 13.6. The first-order valence-corrected chi connectivity index (χ1v) is 8.56. The Kier molecular flexibility index (Phi) is 7.61. The van der Waals surface area contributed by atoms with Crippen LogP contribution in [0.4, 0.5) is 4.39 Å². The monoisotopic (exact) mass is 356 g/mol. The summed E-state index contributed by atoms with van der Waals surface area (Å²) in [5.41, 5.74) is 1.66. The Labute approximate surface area is 153 Å². The smallest absolute Gasteiger partial charge is 0.224 e. The summed E-state index contributed by atoms with van der Waals surface area (Å²) in [6.07, 6.45) is 0.351. The van der Waals surface area contributed by atoms with E-state index in [0.717, 1.165) is 5.56 Å². The van der Waals surface area contributed by atoms with Crippen LogP contribution in [0.2, 0.25) is 0 Å². The van der Waals surface area contributed by atoms with Gasteiger partial charge < -0.3 is 15.5 Å². The van der Waals surface area contributed by atoms with Gasteiger partial charge in [-0.2, -0.15) is 0 Å². The first-order chi connectivity index (χ1) is 12.6. The number of hydrogen-bond acceptors (Lipinski definition) is 2. The van der Waals surface area contributed by atoms with Crippen LogP contribution in [0.1, 0.15) is 17.5 Å². The second-order valence-corrected chi connectivity index (χ2v) is 5.93. The second-order valence-electron chi connectivity index (χ2n) is 5.93. The fraction of sp³-hybridized carbons (Fsp3) is 0.300. The maximum Gasteiger partial charge on any atom is 0.224 e. The van der Waals surface area contributed by atoms with Gasteiger partial charge in [-0.3, -0.25) is 9.79 Å². The highest BCUT2D eigenvalue weighted by Gasteiger charge is 2.09. The van der Waals surface area contributed by atoms with Crippen molar-refractivity contribution in [3.63, 3.8) is 0 Å². The summed E-state index contributed by atoms with van der Waals surface area (Å²) in [5.74, 6) is 0.325. The van der Waals surface area contributed by atoms with Crippen molar-refractivity contribution in [3.8, 4) is 0 Å². The van der Waals surface area contributed by atoms with Gasteiger partial charge in [0.25, 0.3) is 0 Å². The Morgan fingerprint density at radius 3 is 2.46 bits per heavy atom. The third kappa shape index (κ3) is 6.20. The highest BCUT2D eigenvalue weighted by atomic mass is 19.1. The molecule has 0 atom stereocenters. The lowest BCUT2D eigenvalue weighted by Crippen LogP contribution is -2.39. The zero-order valence-corrected chi connectivity index (χ0v) is 15.2. The number of amides is 1. The molecule has 0 saturated carbocycles. The third-order valence-electron chi connectivity index (χ3n) is 3.95. The number of aliphatic imine (C=N–C) groups is 1. The first-order valence-electron chi connectivity index (χ1n) is 8.56. The summed E-state index contributed by atoms with van der Waals surface area (Å²) in [4.78, 5) is 18.0. The topological polar surface area (TPSA) is 56.7 Å². The maximum atomic E-state index is 13.6. The van der Waals surface area contributed by atoms with Crippen molar-refractivity contribution in [2.24, 2.45) is 4.99 Å². The van der Waals surface area contributed by atoms with Gasteiger partial charge in [0, 0.05) is 45.7 Å². The molecule has 2 aromatic rings. The summed E-state index contributed by atoms with van der Waals surface area (Å²) in [7, 11) is 3.43. The van der Waals surface area contributed by atoms with Crippen molar-refractivity contribution in [2.75, 3.05) is 20.6 Å². The van der Waals surface area contributed by atoms with Crippen LogP contribution in [0, 0.1) is 5.82 Å². The molecule has 0 aliphatic carbocycles. The minimum absolute atomic E-state index is 0.0471. The molecule has 1 amide bonds. The Morgan fingerprint density at radius 2 is 1.77 bits per heavy atom. The van der Waals surface area contributed by atoms with E-state index < -0.39 is 0 Å². The number of hydrogen-bond donors (Lipinski definition) is 2. The second kappa shape index (κ2) is 10.2. The Balaban J connectivity index is 1.73. The van der Waals surface area contributed by atoms with Crippen molar-refractivity contribution in [3.05, 3.63) is 71.5 Å². The van der Waals surface area contributed by atoms with Gasteiger partial charge in [-0.15, -0.1) is 0 Å². The van der Waals surface area contributed by atoms with E-state index in [2.05, 4.69) is 15.6 Å². The van der Waals surface area contributed by atoms with Gasteiger partial charge in [0.05, 0.1) is 0 Å². The summed E-state index contributed by atoms with van der Waals surface area (Å²) >= 11 is 0. The van der Waals surface area contributed by atoms with Crippen molar-refractivity contribution in [1.82, 2.24) is 15.5 Å². The molecule has 0 unspecified atom stereocenters. The van der Waals surface area contributed by atoms with Crippen LogP contribution >= 0.6 is 0 Å². The molecule has 2 N–H and O–H groups in total. The Bertz CT molecular complexity index is 734. The quantitative estimate of drug-likeness (QED) is 0.592. The zero-order valence-electron chi connectivity index (χ0n) is 15.2. The summed E-state index contributed by atoms with van der Waals surface area (Å²) in [6, 6.07) is 16.5. The minimum Gasteiger partial charge on any atom is -0.356 e. The molecule has 5 nitrogen and oxygen atoms in total. The van der Waals surface area contributed by atoms with Crippen molar-refractivity contribution < 1.29 is 9.18 Å². The summed E-state index contributed by atoms with van der Waals surface area (Å²) < 4.78 is 13.6. The lowest BCUT2D eigenvalue weighted by atomic mass is 10.2. The van der Waals surface area contributed by atoms with Crippen LogP contribution in [-0.2, 0) is 17.9 Å². The van der Waals surface area contributed by atoms with E-state index in [0.29, 0.717) is 37.6 Å². The molecular formula is C20H25FN4O. The molecular weight excluding hydrogens is 331 g/mol. The normalized spacial score (nSPS) is 11.1. The molecule has 0 bridgehead atoms. The van der Waals surface area contributed by atoms with Crippen LogP contribution < -0.4 is 10.6 Å². The third-order valence-corrected chi connectivity index (χ3v) is 3.95. The average Bonchev–Trinajstić information content (AvgIpc) is 2.66. The molecule has 0 heterocycles. The van der Waals surface area contributed by atoms with Crippen LogP contribution in [0.5, 0.6) is 0 Å². The highest BCUT2D eigenvalue weighted by Crippen LogP contribution is 2.05. The molecule has 0 radical (unpaired) electrons. The Morgan fingerprint density at radius 1 is 1.08 bits per heavy atom. The van der Waals surface area contributed by atoms with E-state index in [1.54, 1.807) is 37.2 Å².